The van der Waals surface area contributed by atoms with Gasteiger partial charge in [0.15, 0.2) is 0 Å². The number of anilines is 4. The van der Waals surface area contributed by atoms with Crippen molar-refractivity contribution in [1.82, 2.24) is 4.98 Å². The minimum atomic E-state index is -0.424. The van der Waals surface area contributed by atoms with E-state index < -0.39 is 5.91 Å². The fraction of sp³-hybridized carbons (Fsp3) is 0.269. The quantitative estimate of drug-likeness (QED) is 0.324. The highest BCUT2D eigenvalue weighted by Gasteiger charge is 2.18. The Morgan fingerprint density at radius 2 is 1.52 bits per heavy atom. The van der Waals surface area contributed by atoms with E-state index in [4.69, 9.17) is 11.6 Å². The third-order valence-corrected chi connectivity index (χ3v) is 5.38. The van der Waals surface area contributed by atoms with Gasteiger partial charge in [-0.05, 0) is 53.3 Å². The molecule has 1 heterocycles. The van der Waals surface area contributed by atoms with Crippen molar-refractivity contribution in [2.75, 3.05) is 16.0 Å². The van der Waals surface area contributed by atoms with Gasteiger partial charge in [0.05, 0.1) is 11.4 Å². The number of amides is 2. The topological polar surface area (TPSA) is 83.1 Å². The third-order valence-electron chi connectivity index (χ3n) is 5.14. The van der Waals surface area contributed by atoms with Crippen LogP contribution in [0.1, 0.15) is 57.1 Å². The van der Waals surface area contributed by atoms with Gasteiger partial charge in [-0.3, -0.25) is 9.59 Å². The molecule has 1 aromatic heterocycles. The Morgan fingerprint density at radius 3 is 2.12 bits per heavy atom. The highest BCUT2D eigenvalue weighted by Crippen LogP contribution is 2.33. The van der Waals surface area contributed by atoms with Gasteiger partial charge in [0.1, 0.15) is 12.2 Å². The normalized spacial score (nSPS) is 10.9. The molecular formula is C26H29ClN4O2. The Kier molecular flexibility index (Phi) is 8.06. The number of rotatable bonds is 8. The molecule has 0 atom stereocenters. The molecule has 3 N–H and O–H groups in total. The summed E-state index contributed by atoms with van der Waals surface area (Å²) in [6, 6.07) is 16.5. The SMILES string of the molecule is CC(C)c1cccc(C(C)C)c1NC(=O)CC(=O)Nc1ccc(Cl)cc1Nc1ccccn1. The Hall–Kier alpha value is -3.38. The summed E-state index contributed by atoms with van der Waals surface area (Å²) in [6.45, 7) is 8.33. The van der Waals surface area contributed by atoms with Crippen LogP contribution in [-0.2, 0) is 9.59 Å². The average Bonchev–Trinajstić information content (AvgIpc) is 2.76. The molecule has 6 nitrogen and oxygen atoms in total. The number of hydrogen-bond donors (Lipinski definition) is 3. The molecule has 0 unspecified atom stereocenters. The largest absolute Gasteiger partial charge is 0.338 e. The highest BCUT2D eigenvalue weighted by atomic mass is 35.5. The maximum absolute atomic E-state index is 12.8. The second-order valence-corrected chi connectivity index (χ2v) is 8.86. The Balaban J connectivity index is 1.73. The van der Waals surface area contributed by atoms with E-state index in [1.54, 1.807) is 30.5 Å². The zero-order valence-electron chi connectivity index (χ0n) is 19.3. The predicted octanol–water partition coefficient (Wildman–Crippen LogP) is 6.69. The molecular weight excluding hydrogens is 436 g/mol. The summed E-state index contributed by atoms with van der Waals surface area (Å²) in [4.78, 5) is 29.7. The van der Waals surface area contributed by atoms with Crippen molar-refractivity contribution >= 4 is 46.3 Å². The molecule has 0 radical (unpaired) electrons. The van der Waals surface area contributed by atoms with Crippen molar-refractivity contribution in [2.45, 2.75) is 46.0 Å². The zero-order valence-corrected chi connectivity index (χ0v) is 20.0. The van der Waals surface area contributed by atoms with Crippen LogP contribution in [0.15, 0.2) is 60.8 Å². The van der Waals surface area contributed by atoms with Gasteiger partial charge in [-0.25, -0.2) is 4.98 Å². The molecule has 3 rings (SSSR count). The van der Waals surface area contributed by atoms with Crippen LogP contribution in [0.5, 0.6) is 0 Å². The maximum atomic E-state index is 12.8. The first-order chi connectivity index (χ1) is 15.7. The average molecular weight is 465 g/mol. The van der Waals surface area contributed by atoms with Gasteiger partial charge in [0, 0.05) is 16.9 Å². The second-order valence-electron chi connectivity index (χ2n) is 8.42. The lowest BCUT2D eigenvalue weighted by Gasteiger charge is -2.20. The van der Waals surface area contributed by atoms with E-state index in [0.717, 1.165) is 16.8 Å². The molecule has 0 saturated carbocycles. The number of carbonyl (C=O) groups excluding carboxylic acids is 2. The number of pyridine rings is 1. The number of aromatic nitrogens is 1. The minimum Gasteiger partial charge on any atom is -0.338 e. The van der Waals surface area contributed by atoms with E-state index >= 15 is 0 Å². The highest BCUT2D eigenvalue weighted by molar-refractivity contribution is 6.31. The standard InChI is InChI=1S/C26H29ClN4O2/c1-16(2)19-8-7-9-20(17(3)4)26(19)31-25(33)15-24(32)30-21-12-11-18(27)14-22(21)29-23-10-5-6-13-28-23/h5-14,16-17H,15H2,1-4H3,(H,28,29)(H,30,32)(H,31,33). The van der Waals surface area contributed by atoms with E-state index in [1.165, 1.54) is 0 Å². The van der Waals surface area contributed by atoms with Crippen LogP contribution in [0, 0.1) is 0 Å². The zero-order chi connectivity index (χ0) is 24.0. The van der Waals surface area contributed by atoms with Crippen LogP contribution < -0.4 is 16.0 Å². The van der Waals surface area contributed by atoms with Gasteiger partial charge < -0.3 is 16.0 Å². The van der Waals surface area contributed by atoms with E-state index in [2.05, 4.69) is 48.6 Å². The number of nitrogens with zero attached hydrogens (tertiary/aromatic N) is 1. The van der Waals surface area contributed by atoms with Crippen LogP contribution in [0.25, 0.3) is 0 Å². The second kappa shape index (κ2) is 11.0. The Bertz CT molecular complexity index is 1100. The molecule has 0 spiro atoms. The van der Waals surface area contributed by atoms with Gasteiger partial charge in [-0.2, -0.15) is 0 Å². The van der Waals surface area contributed by atoms with E-state index in [0.29, 0.717) is 22.2 Å². The first-order valence-electron chi connectivity index (χ1n) is 10.9. The number of carbonyl (C=O) groups is 2. The fourth-order valence-corrected chi connectivity index (χ4v) is 3.69. The van der Waals surface area contributed by atoms with Crippen LogP contribution >= 0.6 is 11.6 Å². The molecule has 7 heteroatoms. The lowest BCUT2D eigenvalue weighted by molar-refractivity contribution is -0.123. The molecule has 0 aliphatic rings. The monoisotopic (exact) mass is 464 g/mol. The summed E-state index contributed by atoms with van der Waals surface area (Å²) >= 11 is 6.14. The van der Waals surface area contributed by atoms with Crippen molar-refractivity contribution in [3.8, 4) is 0 Å². The number of halogens is 1. The van der Waals surface area contributed by atoms with Crippen molar-refractivity contribution < 1.29 is 9.59 Å². The first-order valence-corrected chi connectivity index (χ1v) is 11.3. The van der Waals surface area contributed by atoms with Crippen LogP contribution in [0.4, 0.5) is 22.9 Å². The van der Waals surface area contributed by atoms with Gasteiger partial charge >= 0.3 is 0 Å². The van der Waals surface area contributed by atoms with Crippen LogP contribution in [0.3, 0.4) is 0 Å². The maximum Gasteiger partial charge on any atom is 0.233 e. The molecule has 2 amide bonds. The summed E-state index contributed by atoms with van der Waals surface area (Å²) in [5.41, 5.74) is 3.99. The molecule has 2 aromatic carbocycles. The predicted molar refractivity (Wildman–Crippen MR) is 135 cm³/mol. The third kappa shape index (κ3) is 6.56. The summed E-state index contributed by atoms with van der Waals surface area (Å²) < 4.78 is 0. The first kappa shape index (κ1) is 24.3. The number of hydrogen-bond acceptors (Lipinski definition) is 4. The molecule has 0 aliphatic carbocycles. The number of para-hydroxylation sites is 1. The number of nitrogens with one attached hydrogen (secondary N) is 3. The summed E-state index contributed by atoms with van der Waals surface area (Å²) in [6.07, 6.45) is 1.35. The molecule has 3 aromatic rings. The number of benzene rings is 2. The van der Waals surface area contributed by atoms with Crippen LogP contribution in [-0.4, -0.2) is 16.8 Å². The smallest absolute Gasteiger partial charge is 0.233 e. The van der Waals surface area contributed by atoms with E-state index in [1.807, 2.05) is 30.3 Å². The van der Waals surface area contributed by atoms with Crippen molar-refractivity contribution in [3.05, 3.63) is 76.9 Å². The summed E-state index contributed by atoms with van der Waals surface area (Å²) in [7, 11) is 0. The lowest BCUT2D eigenvalue weighted by Crippen LogP contribution is -2.23. The fourth-order valence-electron chi connectivity index (χ4n) is 3.52. The van der Waals surface area contributed by atoms with Gasteiger partial charge in [-0.15, -0.1) is 0 Å². The van der Waals surface area contributed by atoms with Crippen LogP contribution in [0.2, 0.25) is 5.02 Å². The molecule has 33 heavy (non-hydrogen) atoms. The van der Waals surface area contributed by atoms with Gasteiger partial charge in [-0.1, -0.05) is 63.6 Å². The van der Waals surface area contributed by atoms with Gasteiger partial charge in [0.25, 0.3) is 0 Å². The van der Waals surface area contributed by atoms with Crippen molar-refractivity contribution in [1.29, 1.82) is 0 Å². The molecule has 0 saturated heterocycles. The van der Waals surface area contributed by atoms with E-state index in [9.17, 15) is 9.59 Å². The van der Waals surface area contributed by atoms with E-state index in [-0.39, 0.29) is 24.2 Å². The van der Waals surface area contributed by atoms with Crippen molar-refractivity contribution in [2.24, 2.45) is 0 Å². The molecule has 0 fully saturated rings. The Labute approximate surface area is 199 Å². The lowest BCUT2D eigenvalue weighted by atomic mass is 9.92. The summed E-state index contributed by atoms with van der Waals surface area (Å²) in [5, 5.41) is 9.43. The summed E-state index contributed by atoms with van der Waals surface area (Å²) in [5.74, 6) is 0.298. The Morgan fingerprint density at radius 1 is 0.848 bits per heavy atom. The molecule has 0 aliphatic heterocycles. The molecule has 172 valence electrons. The van der Waals surface area contributed by atoms with Gasteiger partial charge in [0.2, 0.25) is 11.8 Å². The minimum absolute atomic E-state index is 0.238. The van der Waals surface area contributed by atoms with Crippen molar-refractivity contribution in [3.63, 3.8) is 0 Å². The molecule has 0 bridgehead atoms.